The van der Waals surface area contributed by atoms with Gasteiger partial charge in [-0.15, -0.1) is 11.8 Å². The summed E-state index contributed by atoms with van der Waals surface area (Å²) in [7, 11) is 0. The van der Waals surface area contributed by atoms with Crippen molar-refractivity contribution in [1.82, 2.24) is 19.7 Å². The number of fused-ring (bicyclic) bond motifs is 2. The van der Waals surface area contributed by atoms with Gasteiger partial charge in [0.1, 0.15) is 11.6 Å². The molecule has 0 saturated carbocycles. The fourth-order valence-corrected chi connectivity index (χ4v) is 3.89. The number of nitrogens with zero attached hydrogens (tertiary/aromatic N) is 4. The molecular formula is C16H17N5O2S. The van der Waals surface area contributed by atoms with Gasteiger partial charge in [0.15, 0.2) is 0 Å². The first-order valence-corrected chi connectivity index (χ1v) is 8.70. The predicted octanol–water partition coefficient (Wildman–Crippen LogP) is 1.68. The van der Waals surface area contributed by atoms with E-state index in [0.717, 1.165) is 16.5 Å². The lowest BCUT2D eigenvalue weighted by Gasteiger charge is -2.27. The van der Waals surface area contributed by atoms with Gasteiger partial charge in [-0.2, -0.15) is 5.10 Å². The lowest BCUT2D eigenvalue weighted by atomic mass is 10.1. The van der Waals surface area contributed by atoms with Crippen LogP contribution in [-0.4, -0.2) is 43.3 Å². The summed E-state index contributed by atoms with van der Waals surface area (Å²) in [6, 6.07) is 5.49. The summed E-state index contributed by atoms with van der Waals surface area (Å²) in [6.07, 6.45) is 0. The van der Waals surface area contributed by atoms with E-state index in [9.17, 15) is 9.59 Å². The molecule has 1 aromatic heterocycles. The van der Waals surface area contributed by atoms with Crippen molar-refractivity contribution in [2.45, 2.75) is 37.1 Å². The highest BCUT2D eigenvalue weighted by Gasteiger charge is 2.27. The number of carbonyl (C=O) groups is 2. The lowest BCUT2D eigenvalue weighted by Crippen LogP contribution is -2.38. The van der Waals surface area contributed by atoms with Gasteiger partial charge in [0, 0.05) is 17.0 Å². The number of anilines is 1. The van der Waals surface area contributed by atoms with Crippen molar-refractivity contribution in [3.63, 3.8) is 0 Å². The third-order valence-corrected chi connectivity index (χ3v) is 5.39. The van der Waals surface area contributed by atoms with Crippen LogP contribution in [0.2, 0.25) is 0 Å². The number of hydrogen-bond acceptors (Lipinski definition) is 5. The molecule has 0 radical (unpaired) electrons. The summed E-state index contributed by atoms with van der Waals surface area (Å²) in [6.45, 7) is 5.42. The maximum atomic E-state index is 12.8. The van der Waals surface area contributed by atoms with Crippen LogP contribution in [0.3, 0.4) is 0 Å². The fourth-order valence-electron chi connectivity index (χ4n) is 2.96. The summed E-state index contributed by atoms with van der Waals surface area (Å²) in [5, 5.41) is 7.06. The molecule has 0 saturated heterocycles. The number of hydrogen-bond donors (Lipinski definition) is 1. The highest BCUT2D eigenvalue weighted by atomic mass is 32.2. The first kappa shape index (κ1) is 15.2. The van der Waals surface area contributed by atoms with Gasteiger partial charge in [-0.05, 0) is 32.0 Å². The molecule has 0 aliphatic carbocycles. The smallest absolute Gasteiger partial charge is 0.254 e. The third kappa shape index (κ3) is 2.56. The Labute approximate surface area is 143 Å². The Hall–Kier alpha value is -2.35. The van der Waals surface area contributed by atoms with E-state index in [0.29, 0.717) is 30.9 Å². The molecule has 0 fully saturated rings. The second kappa shape index (κ2) is 5.62. The van der Waals surface area contributed by atoms with Gasteiger partial charge in [-0.3, -0.25) is 9.59 Å². The Morgan fingerprint density at radius 3 is 3.04 bits per heavy atom. The normalized spacial score (nSPS) is 19.5. The van der Waals surface area contributed by atoms with E-state index in [1.165, 1.54) is 11.8 Å². The summed E-state index contributed by atoms with van der Waals surface area (Å²) >= 11 is 1.51. The second-order valence-electron chi connectivity index (χ2n) is 5.99. The fraction of sp³-hybridized carbons (Fsp3) is 0.375. The number of thioether (sulfide) groups is 1. The first-order valence-electron chi connectivity index (χ1n) is 7.82. The standard InChI is InChI=1S/C16H17N5O2S/c1-9-15(22)18-12-7-11(3-4-13(12)24-9)16(23)20-5-6-21-14(8-20)17-10(2)19-21/h3-4,7,9H,5-6,8H2,1-2H3,(H,18,22). The Balaban J connectivity index is 1.57. The summed E-state index contributed by atoms with van der Waals surface area (Å²) in [5.41, 5.74) is 1.29. The Morgan fingerprint density at radius 1 is 1.38 bits per heavy atom. The summed E-state index contributed by atoms with van der Waals surface area (Å²) < 4.78 is 1.85. The predicted molar refractivity (Wildman–Crippen MR) is 89.9 cm³/mol. The molecule has 1 atom stereocenters. The lowest BCUT2D eigenvalue weighted by molar-refractivity contribution is -0.115. The quantitative estimate of drug-likeness (QED) is 0.852. The molecule has 2 aliphatic rings. The molecule has 2 aliphatic heterocycles. The van der Waals surface area contributed by atoms with Gasteiger partial charge in [-0.25, -0.2) is 9.67 Å². The molecule has 7 nitrogen and oxygen atoms in total. The van der Waals surface area contributed by atoms with Gasteiger partial charge in [0.2, 0.25) is 5.91 Å². The van der Waals surface area contributed by atoms with Crippen molar-refractivity contribution in [3.05, 3.63) is 35.4 Å². The van der Waals surface area contributed by atoms with Gasteiger partial charge >= 0.3 is 0 Å². The van der Waals surface area contributed by atoms with Gasteiger partial charge in [-0.1, -0.05) is 0 Å². The van der Waals surface area contributed by atoms with Crippen LogP contribution in [-0.2, 0) is 17.9 Å². The van der Waals surface area contributed by atoms with Crippen LogP contribution < -0.4 is 5.32 Å². The topological polar surface area (TPSA) is 80.1 Å². The van der Waals surface area contributed by atoms with Crippen molar-refractivity contribution in [2.24, 2.45) is 0 Å². The van der Waals surface area contributed by atoms with Crippen LogP contribution in [0.15, 0.2) is 23.1 Å². The van der Waals surface area contributed by atoms with E-state index in [-0.39, 0.29) is 17.1 Å². The van der Waals surface area contributed by atoms with E-state index >= 15 is 0 Å². The third-order valence-electron chi connectivity index (χ3n) is 4.21. The van der Waals surface area contributed by atoms with Crippen LogP contribution in [0.5, 0.6) is 0 Å². The molecule has 3 heterocycles. The number of nitrogens with one attached hydrogen (secondary N) is 1. The highest BCUT2D eigenvalue weighted by molar-refractivity contribution is 8.00. The van der Waals surface area contributed by atoms with Crippen molar-refractivity contribution in [3.8, 4) is 0 Å². The maximum absolute atomic E-state index is 12.8. The number of benzene rings is 1. The van der Waals surface area contributed by atoms with Crippen molar-refractivity contribution < 1.29 is 9.59 Å². The molecule has 2 aromatic rings. The van der Waals surface area contributed by atoms with Gasteiger partial charge in [0.25, 0.3) is 5.91 Å². The van der Waals surface area contributed by atoms with E-state index in [2.05, 4.69) is 15.4 Å². The highest BCUT2D eigenvalue weighted by Crippen LogP contribution is 2.36. The van der Waals surface area contributed by atoms with Crippen LogP contribution in [0.4, 0.5) is 5.69 Å². The average Bonchev–Trinajstić information content (AvgIpc) is 2.94. The van der Waals surface area contributed by atoms with Crippen LogP contribution in [0.1, 0.15) is 28.9 Å². The molecule has 0 spiro atoms. The maximum Gasteiger partial charge on any atom is 0.254 e. The van der Waals surface area contributed by atoms with Crippen molar-refractivity contribution >= 4 is 29.3 Å². The van der Waals surface area contributed by atoms with Crippen molar-refractivity contribution in [1.29, 1.82) is 0 Å². The van der Waals surface area contributed by atoms with Gasteiger partial charge < -0.3 is 10.2 Å². The largest absolute Gasteiger partial charge is 0.329 e. The zero-order chi connectivity index (χ0) is 16.8. The van der Waals surface area contributed by atoms with Crippen LogP contribution in [0, 0.1) is 6.92 Å². The molecule has 1 aromatic carbocycles. The minimum Gasteiger partial charge on any atom is -0.329 e. The molecule has 124 valence electrons. The number of rotatable bonds is 1. The zero-order valence-electron chi connectivity index (χ0n) is 13.4. The number of aryl methyl sites for hydroxylation is 1. The number of aromatic nitrogens is 3. The molecule has 8 heteroatoms. The molecule has 2 amide bonds. The van der Waals surface area contributed by atoms with Crippen LogP contribution >= 0.6 is 11.8 Å². The van der Waals surface area contributed by atoms with E-state index < -0.39 is 0 Å². The summed E-state index contributed by atoms with van der Waals surface area (Å²) in [4.78, 5) is 31.8. The molecule has 0 bridgehead atoms. The van der Waals surface area contributed by atoms with Crippen LogP contribution in [0.25, 0.3) is 0 Å². The second-order valence-corrected chi connectivity index (χ2v) is 7.37. The van der Waals surface area contributed by atoms with Gasteiger partial charge in [0.05, 0.1) is 24.0 Å². The molecule has 1 unspecified atom stereocenters. The summed E-state index contributed by atoms with van der Waals surface area (Å²) in [5.74, 6) is 1.45. The molecule has 24 heavy (non-hydrogen) atoms. The minimum atomic E-state index is -0.115. The molecular weight excluding hydrogens is 326 g/mol. The van der Waals surface area contributed by atoms with Crippen molar-refractivity contribution in [2.75, 3.05) is 11.9 Å². The Morgan fingerprint density at radius 2 is 2.21 bits per heavy atom. The van der Waals surface area contributed by atoms with E-state index in [1.54, 1.807) is 11.0 Å². The van der Waals surface area contributed by atoms with E-state index in [4.69, 9.17) is 0 Å². The SMILES string of the molecule is Cc1nc2n(n1)CCN(C(=O)c1ccc3c(c1)NC(=O)C(C)S3)C2. The minimum absolute atomic E-state index is 0.0290. The average molecular weight is 343 g/mol. The molecule has 4 rings (SSSR count). The Bertz CT molecular complexity index is 847. The van der Waals surface area contributed by atoms with E-state index in [1.807, 2.05) is 30.7 Å². The zero-order valence-corrected chi connectivity index (χ0v) is 14.3. The first-order chi connectivity index (χ1) is 11.5. The Kier molecular flexibility index (Phi) is 3.56. The number of carbonyl (C=O) groups excluding carboxylic acids is 2. The molecule has 1 N–H and O–H groups in total. The number of amides is 2. The monoisotopic (exact) mass is 343 g/mol.